The van der Waals surface area contributed by atoms with Gasteiger partial charge in [-0.2, -0.15) is 0 Å². The van der Waals surface area contributed by atoms with Crippen molar-refractivity contribution in [3.8, 4) is 0 Å². The first-order chi connectivity index (χ1) is 5.55. The fourth-order valence-electron chi connectivity index (χ4n) is 0.245. The summed E-state index contributed by atoms with van der Waals surface area (Å²) in [4.78, 5) is 19.9. The van der Waals surface area contributed by atoms with Crippen molar-refractivity contribution < 1.29 is 35.9 Å². The Balaban J connectivity index is 4.34. The van der Waals surface area contributed by atoms with Crippen LogP contribution in [0.5, 0.6) is 0 Å². The van der Waals surface area contributed by atoms with E-state index in [0.717, 1.165) is 0 Å². The minimum atomic E-state index is -5.32. The molecule has 2 nitrogen and oxygen atoms in total. The van der Waals surface area contributed by atoms with E-state index in [1.54, 1.807) is 0 Å². The van der Waals surface area contributed by atoms with Crippen LogP contribution in [0.15, 0.2) is 0 Å². The summed E-state index contributed by atoms with van der Waals surface area (Å²) in [6.45, 7) is 0. The molecule has 0 aromatic rings. The standard InChI is InChI=1S/2C2F3O.Pb/c2*3-2(4,5)1-6;. The van der Waals surface area contributed by atoms with Gasteiger partial charge in [-0.25, -0.2) is 0 Å². The Hall–Kier alpha value is -0.158. The second kappa shape index (κ2) is 3.92. The summed E-state index contributed by atoms with van der Waals surface area (Å²) in [7, 11) is 0. The number of rotatable bonds is 2. The Labute approximate surface area is 79.5 Å². The molecule has 0 saturated carbocycles. The summed E-state index contributed by atoms with van der Waals surface area (Å²) in [6.07, 6.45) is -10.6. The molecule has 2 radical (unpaired) electrons. The molecule has 0 aliphatic carbocycles. The average Bonchev–Trinajstić information content (AvgIpc) is 1.82. The molecular formula is C4F6O2Pb. The van der Waals surface area contributed by atoms with E-state index in [9.17, 15) is 35.9 Å². The van der Waals surface area contributed by atoms with Crippen LogP contribution in [0.25, 0.3) is 0 Å². The van der Waals surface area contributed by atoms with Crippen molar-refractivity contribution in [1.29, 1.82) is 0 Å². The average molecular weight is 401 g/mol. The van der Waals surface area contributed by atoms with Crippen molar-refractivity contribution in [2.45, 2.75) is 12.4 Å². The summed E-state index contributed by atoms with van der Waals surface area (Å²) >= 11 is -3.99. The van der Waals surface area contributed by atoms with Gasteiger partial charge in [0.1, 0.15) is 0 Å². The zero-order valence-electron chi connectivity index (χ0n) is 5.58. The van der Waals surface area contributed by atoms with Crippen molar-refractivity contribution in [1.82, 2.24) is 0 Å². The van der Waals surface area contributed by atoms with Gasteiger partial charge in [-0.15, -0.1) is 0 Å². The van der Waals surface area contributed by atoms with Crippen molar-refractivity contribution in [2.24, 2.45) is 0 Å². The molecule has 74 valence electrons. The Morgan fingerprint density at radius 3 is 1.15 bits per heavy atom. The molecule has 0 rings (SSSR count). The van der Waals surface area contributed by atoms with Gasteiger partial charge in [0, 0.05) is 0 Å². The Bertz CT molecular complexity index is 204. The van der Waals surface area contributed by atoms with E-state index in [0.29, 0.717) is 0 Å². The van der Waals surface area contributed by atoms with Crippen molar-refractivity contribution in [3.63, 3.8) is 0 Å². The Morgan fingerprint density at radius 1 is 0.769 bits per heavy atom. The van der Waals surface area contributed by atoms with Gasteiger partial charge in [-0.3, -0.25) is 0 Å². The van der Waals surface area contributed by atoms with Gasteiger partial charge in [0.25, 0.3) is 0 Å². The molecule has 0 aromatic heterocycles. The van der Waals surface area contributed by atoms with Crippen LogP contribution in [0.4, 0.5) is 26.3 Å². The van der Waals surface area contributed by atoms with E-state index in [1.807, 2.05) is 0 Å². The number of hydrogen-bond donors (Lipinski definition) is 0. The second-order valence-corrected chi connectivity index (χ2v) is 6.28. The molecule has 0 heterocycles. The fourth-order valence-corrected chi connectivity index (χ4v) is 2.15. The van der Waals surface area contributed by atoms with Crippen LogP contribution in [-0.2, 0) is 9.59 Å². The zero-order chi connectivity index (χ0) is 10.9. The van der Waals surface area contributed by atoms with Crippen LogP contribution in [0.2, 0.25) is 0 Å². The van der Waals surface area contributed by atoms with Crippen LogP contribution < -0.4 is 0 Å². The molecule has 0 unspecified atom stereocenters. The van der Waals surface area contributed by atoms with E-state index < -0.39 is 43.3 Å². The number of carbonyl (C=O) groups is 2. The quantitative estimate of drug-likeness (QED) is 0.509. The topological polar surface area (TPSA) is 34.1 Å². The number of halogens is 6. The first kappa shape index (κ1) is 12.8. The molecule has 0 amide bonds. The summed E-state index contributed by atoms with van der Waals surface area (Å²) in [6, 6.07) is 0. The molecule has 0 fully saturated rings. The zero-order valence-corrected chi connectivity index (χ0v) is 9.47. The Morgan fingerprint density at radius 2 is 1.00 bits per heavy atom. The fraction of sp³-hybridized carbons (Fsp3) is 0.500. The van der Waals surface area contributed by atoms with Crippen LogP contribution in [0.3, 0.4) is 0 Å². The third-order valence-corrected chi connectivity index (χ3v) is 4.71. The molecular weight excluding hydrogens is 401 g/mol. The number of carbonyl (C=O) groups excluding carboxylic acids is 2. The molecule has 0 bridgehead atoms. The molecule has 9 heteroatoms. The second-order valence-electron chi connectivity index (χ2n) is 1.78. The molecule has 0 spiro atoms. The van der Waals surface area contributed by atoms with E-state index in [1.165, 1.54) is 0 Å². The van der Waals surface area contributed by atoms with E-state index in [4.69, 9.17) is 0 Å². The predicted molar refractivity (Wildman–Crippen MR) is 27.9 cm³/mol. The maximum absolute atomic E-state index is 11.4. The summed E-state index contributed by atoms with van der Waals surface area (Å²) < 4.78 is 63.3. The molecule has 0 aromatic carbocycles. The third kappa shape index (κ3) is 4.57. The van der Waals surface area contributed by atoms with Gasteiger partial charge in [0.2, 0.25) is 0 Å². The van der Waals surface area contributed by atoms with Gasteiger partial charge in [-0.05, 0) is 0 Å². The van der Waals surface area contributed by atoms with Crippen LogP contribution in [0.1, 0.15) is 0 Å². The molecule has 0 saturated heterocycles. The normalized spacial score (nSPS) is 12.8. The molecule has 0 aliphatic rings. The predicted octanol–water partition coefficient (Wildman–Crippen LogP) is 0.868. The van der Waals surface area contributed by atoms with Gasteiger partial charge < -0.3 is 0 Å². The van der Waals surface area contributed by atoms with E-state index in [2.05, 4.69) is 0 Å². The van der Waals surface area contributed by atoms with Gasteiger partial charge in [0.05, 0.1) is 0 Å². The first-order valence-electron chi connectivity index (χ1n) is 2.54. The monoisotopic (exact) mass is 402 g/mol. The minimum absolute atomic E-state index is 2.50. The molecule has 0 aliphatic heterocycles. The van der Waals surface area contributed by atoms with Crippen molar-refractivity contribution in [2.75, 3.05) is 0 Å². The SMILES string of the molecule is O=[C]([Pb][C](=O)C(F)(F)F)C(F)(F)F. The first-order valence-corrected chi connectivity index (χ1v) is 6.43. The number of alkyl halides is 6. The Kier molecular flexibility index (Phi) is 3.87. The van der Waals surface area contributed by atoms with E-state index in [-0.39, 0.29) is 0 Å². The summed E-state index contributed by atoms with van der Waals surface area (Å²) in [5.74, 6) is 0. The van der Waals surface area contributed by atoms with Crippen molar-refractivity contribution >= 4 is 30.9 Å². The van der Waals surface area contributed by atoms with Crippen LogP contribution in [-0.4, -0.2) is 43.3 Å². The number of hydrogen-bond acceptors (Lipinski definition) is 2. The van der Waals surface area contributed by atoms with Gasteiger partial charge >= 0.3 is 79.2 Å². The van der Waals surface area contributed by atoms with Crippen LogP contribution in [0, 0.1) is 0 Å². The molecule has 0 N–H and O–H groups in total. The summed E-state index contributed by atoms with van der Waals surface area (Å²) in [5.41, 5.74) is 0. The molecule has 13 heavy (non-hydrogen) atoms. The van der Waals surface area contributed by atoms with E-state index >= 15 is 0 Å². The van der Waals surface area contributed by atoms with Gasteiger partial charge in [0.15, 0.2) is 0 Å². The summed E-state index contributed by atoms with van der Waals surface area (Å²) in [5, 5.41) is 0. The molecule has 0 atom stereocenters. The van der Waals surface area contributed by atoms with Gasteiger partial charge in [-0.1, -0.05) is 0 Å². The third-order valence-electron chi connectivity index (χ3n) is 0.742. The van der Waals surface area contributed by atoms with Crippen molar-refractivity contribution in [3.05, 3.63) is 0 Å². The maximum atomic E-state index is 11.4. The van der Waals surface area contributed by atoms with Crippen LogP contribution >= 0.6 is 0 Å².